The smallest absolute Gasteiger partial charge is 0.0198 e. The third kappa shape index (κ3) is 4.59. The number of likely N-dealkylation sites (tertiary alicyclic amines) is 1. The lowest BCUT2D eigenvalue weighted by Gasteiger charge is -2.35. The van der Waals surface area contributed by atoms with Gasteiger partial charge in [0.1, 0.15) is 0 Å². The molecule has 2 rings (SSSR count). The van der Waals surface area contributed by atoms with E-state index in [4.69, 9.17) is 0 Å². The Labute approximate surface area is 107 Å². The van der Waals surface area contributed by atoms with Crippen LogP contribution < -0.4 is 5.32 Å². The lowest BCUT2D eigenvalue weighted by molar-refractivity contribution is 0.184. The predicted octanol–water partition coefficient (Wildman–Crippen LogP) is 3.17. The Hall–Kier alpha value is -0.0800. The summed E-state index contributed by atoms with van der Waals surface area (Å²) in [6.45, 7) is 6.12. The molecule has 1 atom stereocenters. The Morgan fingerprint density at radius 3 is 2.24 bits per heavy atom. The summed E-state index contributed by atoms with van der Waals surface area (Å²) in [7, 11) is 0. The molecule has 0 aromatic rings. The van der Waals surface area contributed by atoms with Crippen LogP contribution in [0.3, 0.4) is 0 Å². The van der Waals surface area contributed by atoms with E-state index in [2.05, 4.69) is 17.1 Å². The molecule has 2 aliphatic rings. The van der Waals surface area contributed by atoms with Crippen LogP contribution in [0, 0.1) is 0 Å². The second-order valence-electron chi connectivity index (χ2n) is 5.94. The van der Waals surface area contributed by atoms with Crippen molar-refractivity contribution in [3.05, 3.63) is 0 Å². The lowest BCUT2D eigenvalue weighted by Crippen LogP contribution is -2.49. The van der Waals surface area contributed by atoms with Gasteiger partial charge in [0.15, 0.2) is 0 Å². The minimum Gasteiger partial charge on any atom is -0.310 e. The summed E-state index contributed by atoms with van der Waals surface area (Å²) in [6.07, 6.45) is 12.9. The van der Waals surface area contributed by atoms with Crippen LogP contribution in [0.25, 0.3) is 0 Å². The van der Waals surface area contributed by atoms with Gasteiger partial charge in [-0.25, -0.2) is 0 Å². The molecule has 17 heavy (non-hydrogen) atoms. The number of nitrogens with zero attached hydrogens (tertiary/aromatic N) is 1. The Kier molecular flexibility index (Phi) is 5.79. The fourth-order valence-corrected chi connectivity index (χ4v) is 3.43. The summed E-state index contributed by atoms with van der Waals surface area (Å²) in [5.74, 6) is 0. The number of piperidine rings is 1. The van der Waals surface area contributed by atoms with E-state index in [0.29, 0.717) is 0 Å². The standard InChI is InChI=1S/C15H30N2/c1-2-17-12-8-11-15(13-17)16-14-9-6-4-3-5-7-10-14/h14-16H,2-13H2,1H3. The molecule has 0 aromatic carbocycles. The maximum absolute atomic E-state index is 3.95. The first-order valence-electron chi connectivity index (χ1n) is 7.87. The van der Waals surface area contributed by atoms with Crippen molar-refractivity contribution in [2.75, 3.05) is 19.6 Å². The van der Waals surface area contributed by atoms with Crippen molar-refractivity contribution in [3.63, 3.8) is 0 Å². The minimum absolute atomic E-state index is 0.771. The summed E-state index contributed by atoms with van der Waals surface area (Å²) < 4.78 is 0. The van der Waals surface area contributed by atoms with Gasteiger partial charge in [0, 0.05) is 18.6 Å². The molecule has 1 N–H and O–H groups in total. The molecule has 1 aliphatic heterocycles. The van der Waals surface area contributed by atoms with Gasteiger partial charge >= 0.3 is 0 Å². The van der Waals surface area contributed by atoms with Crippen molar-refractivity contribution in [3.8, 4) is 0 Å². The van der Waals surface area contributed by atoms with E-state index >= 15 is 0 Å². The largest absolute Gasteiger partial charge is 0.310 e. The number of nitrogens with one attached hydrogen (secondary N) is 1. The fraction of sp³-hybridized carbons (Fsp3) is 1.00. The highest BCUT2D eigenvalue weighted by molar-refractivity contribution is 4.81. The zero-order chi connectivity index (χ0) is 11.9. The molecule has 0 aromatic heterocycles. The van der Waals surface area contributed by atoms with E-state index in [-0.39, 0.29) is 0 Å². The van der Waals surface area contributed by atoms with Crippen LogP contribution in [0.2, 0.25) is 0 Å². The van der Waals surface area contributed by atoms with Crippen LogP contribution in [0.4, 0.5) is 0 Å². The van der Waals surface area contributed by atoms with Gasteiger partial charge in [-0.05, 0) is 38.8 Å². The average Bonchev–Trinajstić information content (AvgIpc) is 2.33. The van der Waals surface area contributed by atoms with E-state index in [1.807, 2.05) is 0 Å². The Morgan fingerprint density at radius 1 is 0.882 bits per heavy atom. The van der Waals surface area contributed by atoms with E-state index in [1.165, 1.54) is 77.4 Å². The van der Waals surface area contributed by atoms with Crippen LogP contribution >= 0.6 is 0 Å². The topological polar surface area (TPSA) is 15.3 Å². The molecule has 2 heteroatoms. The third-order valence-electron chi connectivity index (χ3n) is 4.53. The molecule has 0 radical (unpaired) electrons. The summed E-state index contributed by atoms with van der Waals surface area (Å²) in [6, 6.07) is 1.59. The van der Waals surface area contributed by atoms with E-state index in [1.54, 1.807) is 0 Å². The van der Waals surface area contributed by atoms with E-state index in [9.17, 15) is 0 Å². The second kappa shape index (κ2) is 7.38. The van der Waals surface area contributed by atoms with Gasteiger partial charge < -0.3 is 10.2 Å². The molecule has 1 saturated heterocycles. The summed E-state index contributed by atoms with van der Waals surface area (Å²) in [5.41, 5.74) is 0. The molecule has 0 spiro atoms. The molecule has 1 aliphatic carbocycles. The minimum atomic E-state index is 0.771. The summed E-state index contributed by atoms with van der Waals surface area (Å²) in [5, 5.41) is 3.95. The first kappa shape index (κ1) is 13.4. The normalized spacial score (nSPS) is 29.8. The molecule has 1 saturated carbocycles. The number of hydrogen-bond donors (Lipinski definition) is 1. The highest BCUT2D eigenvalue weighted by atomic mass is 15.2. The van der Waals surface area contributed by atoms with Crippen molar-refractivity contribution in [2.45, 2.75) is 76.8 Å². The molecule has 2 fully saturated rings. The molecule has 0 amide bonds. The molecule has 2 nitrogen and oxygen atoms in total. The van der Waals surface area contributed by atoms with Crippen LogP contribution in [0.5, 0.6) is 0 Å². The van der Waals surface area contributed by atoms with Crippen LogP contribution in [0.15, 0.2) is 0 Å². The summed E-state index contributed by atoms with van der Waals surface area (Å²) >= 11 is 0. The molecule has 100 valence electrons. The third-order valence-corrected chi connectivity index (χ3v) is 4.53. The quantitative estimate of drug-likeness (QED) is 0.812. The lowest BCUT2D eigenvalue weighted by atomic mass is 9.95. The molecule has 1 unspecified atom stereocenters. The highest BCUT2D eigenvalue weighted by Crippen LogP contribution is 2.19. The SMILES string of the molecule is CCN1CCCC(NC2CCCCCCC2)C1. The van der Waals surface area contributed by atoms with Gasteiger partial charge in [0.2, 0.25) is 0 Å². The Morgan fingerprint density at radius 2 is 1.53 bits per heavy atom. The van der Waals surface area contributed by atoms with E-state index < -0.39 is 0 Å². The fourth-order valence-electron chi connectivity index (χ4n) is 3.43. The number of rotatable bonds is 3. The van der Waals surface area contributed by atoms with Crippen molar-refractivity contribution >= 4 is 0 Å². The van der Waals surface area contributed by atoms with Gasteiger partial charge in [0.05, 0.1) is 0 Å². The van der Waals surface area contributed by atoms with Crippen molar-refractivity contribution in [1.82, 2.24) is 10.2 Å². The van der Waals surface area contributed by atoms with Crippen LogP contribution in [0.1, 0.15) is 64.7 Å². The summed E-state index contributed by atoms with van der Waals surface area (Å²) in [4.78, 5) is 2.60. The first-order chi connectivity index (χ1) is 8.38. The van der Waals surface area contributed by atoms with Gasteiger partial charge in [-0.15, -0.1) is 0 Å². The Balaban J connectivity index is 1.74. The van der Waals surface area contributed by atoms with Crippen molar-refractivity contribution in [1.29, 1.82) is 0 Å². The second-order valence-corrected chi connectivity index (χ2v) is 5.94. The predicted molar refractivity (Wildman–Crippen MR) is 74.4 cm³/mol. The van der Waals surface area contributed by atoms with Crippen LogP contribution in [-0.4, -0.2) is 36.6 Å². The number of hydrogen-bond acceptors (Lipinski definition) is 2. The molecular formula is C15H30N2. The molecular weight excluding hydrogens is 208 g/mol. The van der Waals surface area contributed by atoms with E-state index in [0.717, 1.165) is 12.1 Å². The highest BCUT2D eigenvalue weighted by Gasteiger charge is 2.21. The maximum Gasteiger partial charge on any atom is 0.0198 e. The maximum atomic E-state index is 3.95. The number of likely N-dealkylation sites (N-methyl/N-ethyl adjacent to an activating group) is 1. The Bertz CT molecular complexity index is 197. The zero-order valence-electron chi connectivity index (χ0n) is 11.6. The van der Waals surface area contributed by atoms with Crippen molar-refractivity contribution in [2.24, 2.45) is 0 Å². The molecule has 1 heterocycles. The van der Waals surface area contributed by atoms with Gasteiger partial charge in [-0.2, -0.15) is 0 Å². The average molecular weight is 238 g/mol. The first-order valence-corrected chi connectivity index (χ1v) is 7.87. The van der Waals surface area contributed by atoms with Crippen molar-refractivity contribution < 1.29 is 0 Å². The van der Waals surface area contributed by atoms with Gasteiger partial charge in [-0.3, -0.25) is 0 Å². The van der Waals surface area contributed by atoms with Crippen LogP contribution in [-0.2, 0) is 0 Å². The molecule has 0 bridgehead atoms. The zero-order valence-corrected chi connectivity index (χ0v) is 11.6. The van der Waals surface area contributed by atoms with Gasteiger partial charge in [-0.1, -0.05) is 39.0 Å². The monoisotopic (exact) mass is 238 g/mol. The van der Waals surface area contributed by atoms with Gasteiger partial charge in [0.25, 0.3) is 0 Å².